The van der Waals surface area contributed by atoms with E-state index in [0.29, 0.717) is 17.8 Å². The van der Waals surface area contributed by atoms with Crippen LogP contribution in [-0.2, 0) is 11.3 Å². The van der Waals surface area contributed by atoms with E-state index in [2.05, 4.69) is 5.32 Å². The van der Waals surface area contributed by atoms with Crippen molar-refractivity contribution >= 4 is 40.2 Å². The molecule has 6 nitrogen and oxygen atoms in total. The van der Waals surface area contributed by atoms with Gasteiger partial charge in [-0.15, -0.1) is 11.3 Å². The molecule has 23 heavy (non-hydrogen) atoms. The normalized spacial score (nSPS) is 10.8. The van der Waals surface area contributed by atoms with Gasteiger partial charge in [0, 0.05) is 29.2 Å². The van der Waals surface area contributed by atoms with Crippen molar-refractivity contribution in [2.75, 3.05) is 18.9 Å². The number of likely N-dealkylation sites (N-methyl/N-ethyl adjacent to an activating group) is 1. The Balaban J connectivity index is 1.92. The highest BCUT2D eigenvalue weighted by Gasteiger charge is 2.12. The van der Waals surface area contributed by atoms with Crippen molar-refractivity contribution < 1.29 is 9.72 Å². The molecule has 1 aromatic heterocycles. The van der Waals surface area contributed by atoms with E-state index < -0.39 is 4.92 Å². The van der Waals surface area contributed by atoms with E-state index in [1.807, 2.05) is 24.1 Å². The molecule has 0 aliphatic heterocycles. The van der Waals surface area contributed by atoms with Crippen LogP contribution in [-0.4, -0.2) is 29.3 Å². The standard InChI is InChI=1S/C15H16ClN3O3S/c1-10-7-11(19(21)22)3-5-13(10)17-15(20)9-18(2)8-12-4-6-14(16)23-12/h3-7H,8-9H2,1-2H3,(H,17,20). The summed E-state index contributed by atoms with van der Waals surface area (Å²) in [4.78, 5) is 25.3. The number of nitrogens with one attached hydrogen (secondary N) is 1. The van der Waals surface area contributed by atoms with Crippen LogP contribution in [0.25, 0.3) is 0 Å². The summed E-state index contributed by atoms with van der Waals surface area (Å²) in [5.74, 6) is -0.174. The number of hydrogen-bond acceptors (Lipinski definition) is 5. The summed E-state index contributed by atoms with van der Waals surface area (Å²) in [5, 5.41) is 13.5. The number of nitro groups is 1. The number of rotatable bonds is 6. The van der Waals surface area contributed by atoms with Gasteiger partial charge in [-0.3, -0.25) is 19.8 Å². The zero-order valence-electron chi connectivity index (χ0n) is 12.7. The first-order valence-corrected chi connectivity index (χ1v) is 8.02. The summed E-state index contributed by atoms with van der Waals surface area (Å²) in [6, 6.07) is 8.12. The van der Waals surface area contributed by atoms with Crippen molar-refractivity contribution in [1.29, 1.82) is 0 Å². The number of amides is 1. The molecule has 0 bridgehead atoms. The van der Waals surface area contributed by atoms with Gasteiger partial charge < -0.3 is 5.32 Å². The number of halogens is 1. The number of nitro benzene ring substituents is 1. The molecule has 1 N–H and O–H groups in total. The van der Waals surface area contributed by atoms with Gasteiger partial charge in [0.2, 0.25) is 5.91 Å². The Bertz CT molecular complexity index is 733. The third kappa shape index (κ3) is 5.02. The van der Waals surface area contributed by atoms with E-state index in [1.165, 1.54) is 23.5 Å². The molecule has 0 unspecified atom stereocenters. The summed E-state index contributed by atoms with van der Waals surface area (Å²) in [6.45, 7) is 2.57. The van der Waals surface area contributed by atoms with Crippen LogP contribution in [0, 0.1) is 17.0 Å². The largest absolute Gasteiger partial charge is 0.325 e. The Labute approximate surface area is 142 Å². The van der Waals surface area contributed by atoms with Crippen LogP contribution in [0.2, 0.25) is 4.34 Å². The van der Waals surface area contributed by atoms with Gasteiger partial charge in [-0.25, -0.2) is 0 Å². The van der Waals surface area contributed by atoms with Crippen LogP contribution >= 0.6 is 22.9 Å². The first-order chi connectivity index (χ1) is 10.8. The summed E-state index contributed by atoms with van der Waals surface area (Å²) >= 11 is 7.36. The second-order valence-electron chi connectivity index (χ2n) is 5.18. The van der Waals surface area contributed by atoms with Gasteiger partial charge in [0.25, 0.3) is 5.69 Å². The number of carbonyl (C=O) groups is 1. The maximum absolute atomic E-state index is 12.1. The van der Waals surface area contributed by atoms with Crippen molar-refractivity contribution in [3.63, 3.8) is 0 Å². The number of aryl methyl sites for hydroxylation is 1. The number of hydrogen-bond donors (Lipinski definition) is 1. The van der Waals surface area contributed by atoms with Gasteiger partial charge in [-0.05, 0) is 37.7 Å². The average Bonchev–Trinajstić information content (AvgIpc) is 2.85. The number of carbonyl (C=O) groups excluding carboxylic acids is 1. The SMILES string of the molecule is Cc1cc([N+](=O)[O-])ccc1NC(=O)CN(C)Cc1ccc(Cl)s1. The van der Waals surface area contributed by atoms with Crippen LogP contribution in [0.3, 0.4) is 0 Å². The van der Waals surface area contributed by atoms with Crippen molar-refractivity contribution in [3.8, 4) is 0 Å². The fourth-order valence-corrected chi connectivity index (χ4v) is 3.26. The van der Waals surface area contributed by atoms with E-state index in [4.69, 9.17) is 11.6 Å². The second-order valence-corrected chi connectivity index (χ2v) is 6.98. The first-order valence-electron chi connectivity index (χ1n) is 6.83. The Kier molecular flexibility index (Phi) is 5.70. The number of non-ortho nitro benzene ring substituents is 1. The molecular formula is C15H16ClN3O3S. The maximum atomic E-state index is 12.1. The predicted molar refractivity (Wildman–Crippen MR) is 92.1 cm³/mol. The average molecular weight is 354 g/mol. The summed E-state index contributed by atoms with van der Waals surface area (Å²) < 4.78 is 0.722. The molecule has 1 aromatic carbocycles. The second kappa shape index (κ2) is 7.54. The van der Waals surface area contributed by atoms with Crippen molar-refractivity contribution in [2.24, 2.45) is 0 Å². The molecule has 2 aromatic rings. The Morgan fingerprint density at radius 3 is 2.70 bits per heavy atom. The topological polar surface area (TPSA) is 75.5 Å². The van der Waals surface area contributed by atoms with Crippen LogP contribution in [0.5, 0.6) is 0 Å². The smallest absolute Gasteiger partial charge is 0.269 e. The molecule has 122 valence electrons. The van der Waals surface area contributed by atoms with Crippen molar-refractivity contribution in [3.05, 3.63) is 55.2 Å². The summed E-state index contributed by atoms with van der Waals surface area (Å²) in [7, 11) is 1.84. The van der Waals surface area contributed by atoms with Crippen molar-refractivity contribution in [1.82, 2.24) is 4.90 Å². The first kappa shape index (κ1) is 17.4. The van der Waals surface area contributed by atoms with Crippen LogP contribution in [0.1, 0.15) is 10.4 Å². The molecule has 8 heteroatoms. The highest BCUT2D eigenvalue weighted by molar-refractivity contribution is 7.16. The summed E-state index contributed by atoms with van der Waals surface area (Å²) in [6.07, 6.45) is 0. The van der Waals surface area contributed by atoms with E-state index in [1.54, 1.807) is 13.0 Å². The molecule has 0 fully saturated rings. The zero-order chi connectivity index (χ0) is 17.0. The fraction of sp³-hybridized carbons (Fsp3) is 0.267. The molecule has 1 amide bonds. The lowest BCUT2D eigenvalue weighted by molar-refractivity contribution is -0.384. The number of anilines is 1. The fourth-order valence-electron chi connectivity index (χ4n) is 2.10. The monoisotopic (exact) mass is 353 g/mol. The molecule has 0 spiro atoms. The van der Waals surface area contributed by atoms with Gasteiger partial charge in [0.15, 0.2) is 0 Å². The Morgan fingerprint density at radius 1 is 1.39 bits per heavy atom. The Morgan fingerprint density at radius 2 is 2.13 bits per heavy atom. The highest BCUT2D eigenvalue weighted by atomic mass is 35.5. The van der Waals surface area contributed by atoms with Crippen molar-refractivity contribution in [2.45, 2.75) is 13.5 Å². The number of benzene rings is 1. The number of nitrogens with zero attached hydrogens (tertiary/aromatic N) is 2. The Hall–Kier alpha value is -1.96. The van der Waals surface area contributed by atoms with Gasteiger partial charge in [0.05, 0.1) is 15.8 Å². The van der Waals surface area contributed by atoms with Gasteiger partial charge in [-0.1, -0.05) is 11.6 Å². The lowest BCUT2D eigenvalue weighted by Crippen LogP contribution is -2.29. The van der Waals surface area contributed by atoms with E-state index in [9.17, 15) is 14.9 Å². The quantitative estimate of drug-likeness (QED) is 0.634. The molecule has 0 saturated heterocycles. The van der Waals surface area contributed by atoms with Crippen LogP contribution in [0.4, 0.5) is 11.4 Å². The molecule has 0 saturated carbocycles. The number of thiophene rings is 1. The lowest BCUT2D eigenvalue weighted by Gasteiger charge is -2.16. The van der Waals surface area contributed by atoms with Gasteiger partial charge >= 0.3 is 0 Å². The van der Waals surface area contributed by atoms with Gasteiger partial charge in [-0.2, -0.15) is 0 Å². The molecular weight excluding hydrogens is 338 g/mol. The minimum atomic E-state index is -0.460. The highest BCUT2D eigenvalue weighted by Crippen LogP contribution is 2.23. The zero-order valence-corrected chi connectivity index (χ0v) is 14.3. The van der Waals surface area contributed by atoms with E-state index in [-0.39, 0.29) is 18.1 Å². The third-order valence-corrected chi connectivity index (χ3v) is 4.38. The van der Waals surface area contributed by atoms with E-state index >= 15 is 0 Å². The van der Waals surface area contributed by atoms with E-state index in [0.717, 1.165) is 9.21 Å². The molecule has 2 rings (SSSR count). The minimum Gasteiger partial charge on any atom is -0.325 e. The lowest BCUT2D eigenvalue weighted by atomic mass is 10.2. The minimum absolute atomic E-state index is 0.00666. The predicted octanol–water partition coefficient (Wildman–Crippen LogP) is 3.69. The molecule has 1 heterocycles. The maximum Gasteiger partial charge on any atom is 0.269 e. The molecule has 0 radical (unpaired) electrons. The van der Waals surface area contributed by atoms with Crippen LogP contribution in [0.15, 0.2) is 30.3 Å². The molecule has 0 aliphatic carbocycles. The molecule has 0 atom stereocenters. The van der Waals surface area contributed by atoms with Gasteiger partial charge in [0.1, 0.15) is 0 Å². The third-order valence-electron chi connectivity index (χ3n) is 3.16. The van der Waals surface area contributed by atoms with Crippen LogP contribution < -0.4 is 5.32 Å². The molecule has 0 aliphatic rings. The summed E-state index contributed by atoms with van der Waals surface area (Å²) in [5.41, 5.74) is 1.24.